The van der Waals surface area contributed by atoms with Crippen molar-refractivity contribution in [2.45, 2.75) is 38.8 Å². The monoisotopic (exact) mass is 243 g/mol. The van der Waals surface area contributed by atoms with E-state index in [1.165, 1.54) is 12.8 Å². The van der Waals surface area contributed by atoms with Gasteiger partial charge in [-0.3, -0.25) is 4.79 Å². The van der Waals surface area contributed by atoms with E-state index in [-0.39, 0.29) is 5.78 Å². The zero-order chi connectivity index (χ0) is 12.9. The number of hydrogen-bond donors (Lipinski definition) is 1. The fourth-order valence-corrected chi connectivity index (χ4v) is 2.43. The Morgan fingerprint density at radius 2 is 2.22 bits per heavy atom. The number of fused-ring (bicyclic) bond motifs is 1. The smallest absolute Gasteiger partial charge is 0.179 e. The van der Waals surface area contributed by atoms with Crippen molar-refractivity contribution in [3.05, 3.63) is 29.6 Å². The van der Waals surface area contributed by atoms with Crippen molar-refractivity contribution in [1.82, 2.24) is 9.55 Å². The summed E-state index contributed by atoms with van der Waals surface area (Å²) in [7, 11) is 0. The number of aryl methyl sites for hydroxylation is 1. The Morgan fingerprint density at radius 1 is 1.50 bits per heavy atom. The second-order valence-corrected chi connectivity index (χ2v) is 5.12. The number of carbonyl (C=O) groups excluding carboxylic acids is 1. The quantitative estimate of drug-likeness (QED) is 0.841. The molecule has 0 spiro atoms. The molecule has 94 valence electrons. The summed E-state index contributed by atoms with van der Waals surface area (Å²) in [6.45, 7) is 3.73. The molecule has 0 saturated heterocycles. The molecule has 1 saturated carbocycles. The molecule has 2 N–H and O–H groups in total. The highest BCUT2D eigenvalue weighted by atomic mass is 16.1. The number of benzene rings is 1. The van der Waals surface area contributed by atoms with E-state index in [0.29, 0.717) is 11.6 Å². The van der Waals surface area contributed by atoms with Crippen molar-refractivity contribution in [3.8, 4) is 0 Å². The van der Waals surface area contributed by atoms with E-state index in [4.69, 9.17) is 5.73 Å². The molecule has 2 aromatic rings. The predicted octanol–water partition coefficient (Wildman–Crippen LogP) is 2.21. The van der Waals surface area contributed by atoms with Crippen molar-refractivity contribution in [2.75, 3.05) is 0 Å². The molecule has 1 aromatic carbocycles. The first kappa shape index (κ1) is 11.4. The fourth-order valence-electron chi connectivity index (χ4n) is 2.43. The standard InChI is InChI=1S/C14H17N3O/c1-8(15)14(18)10-3-6-13-12(7-10)16-9(2)17(13)11-4-5-11/h3,6-8,11H,4-5,15H2,1-2H3. The second-order valence-electron chi connectivity index (χ2n) is 5.12. The zero-order valence-corrected chi connectivity index (χ0v) is 10.7. The van der Waals surface area contributed by atoms with Crippen molar-refractivity contribution in [2.24, 2.45) is 5.73 Å². The van der Waals surface area contributed by atoms with Gasteiger partial charge in [-0.05, 0) is 44.9 Å². The molecule has 0 aliphatic heterocycles. The highest BCUT2D eigenvalue weighted by Gasteiger charge is 2.27. The lowest BCUT2D eigenvalue weighted by atomic mass is 10.1. The topological polar surface area (TPSA) is 60.9 Å². The Labute approximate surface area is 106 Å². The molecule has 18 heavy (non-hydrogen) atoms. The average Bonchev–Trinajstić information content (AvgIpc) is 3.10. The first-order valence-corrected chi connectivity index (χ1v) is 6.36. The number of nitrogens with zero attached hydrogens (tertiary/aromatic N) is 2. The van der Waals surface area contributed by atoms with Crippen LogP contribution in [-0.4, -0.2) is 21.4 Å². The Morgan fingerprint density at radius 3 is 2.83 bits per heavy atom. The van der Waals surface area contributed by atoms with Crippen molar-refractivity contribution in [1.29, 1.82) is 0 Å². The van der Waals surface area contributed by atoms with Crippen LogP contribution in [-0.2, 0) is 0 Å². The number of ketones is 1. The van der Waals surface area contributed by atoms with Gasteiger partial charge in [-0.1, -0.05) is 0 Å². The molecular formula is C14H17N3O. The molecule has 1 fully saturated rings. The van der Waals surface area contributed by atoms with Gasteiger partial charge in [0.05, 0.1) is 17.1 Å². The maximum atomic E-state index is 11.9. The highest BCUT2D eigenvalue weighted by molar-refractivity contribution is 6.02. The Kier molecular flexibility index (Phi) is 2.48. The van der Waals surface area contributed by atoms with E-state index in [9.17, 15) is 4.79 Å². The third-order valence-electron chi connectivity index (χ3n) is 3.48. The van der Waals surface area contributed by atoms with E-state index in [1.807, 2.05) is 25.1 Å². The van der Waals surface area contributed by atoms with Crippen LogP contribution in [0, 0.1) is 6.92 Å². The molecule has 0 bridgehead atoms. The van der Waals surface area contributed by atoms with E-state index in [2.05, 4.69) is 9.55 Å². The minimum atomic E-state index is -0.464. The molecular weight excluding hydrogens is 226 g/mol. The minimum absolute atomic E-state index is 0.0319. The van der Waals surface area contributed by atoms with Crippen LogP contribution in [0.5, 0.6) is 0 Å². The highest BCUT2D eigenvalue weighted by Crippen LogP contribution is 2.38. The summed E-state index contributed by atoms with van der Waals surface area (Å²) in [6, 6.07) is 5.84. The lowest BCUT2D eigenvalue weighted by molar-refractivity contribution is 0.0968. The van der Waals surface area contributed by atoms with E-state index >= 15 is 0 Å². The summed E-state index contributed by atoms with van der Waals surface area (Å²) in [5.74, 6) is 0.994. The largest absolute Gasteiger partial charge is 0.325 e. The van der Waals surface area contributed by atoms with Gasteiger partial charge in [0.1, 0.15) is 5.82 Å². The van der Waals surface area contributed by atoms with Gasteiger partial charge in [0.2, 0.25) is 0 Å². The molecule has 4 heteroatoms. The molecule has 4 nitrogen and oxygen atoms in total. The van der Waals surface area contributed by atoms with Crippen molar-refractivity contribution in [3.63, 3.8) is 0 Å². The molecule has 1 aliphatic carbocycles. The average molecular weight is 243 g/mol. The van der Waals surface area contributed by atoms with Crippen molar-refractivity contribution < 1.29 is 4.79 Å². The van der Waals surface area contributed by atoms with Crippen molar-refractivity contribution >= 4 is 16.8 Å². The summed E-state index contributed by atoms with van der Waals surface area (Å²) in [5.41, 5.74) is 8.30. The molecule has 1 aliphatic rings. The first-order valence-electron chi connectivity index (χ1n) is 6.36. The van der Waals surface area contributed by atoms with Crippen LogP contribution >= 0.6 is 0 Å². The SMILES string of the molecule is Cc1nc2cc(C(=O)C(C)N)ccc2n1C1CC1. The number of carbonyl (C=O) groups is 1. The summed E-state index contributed by atoms with van der Waals surface area (Å²) < 4.78 is 2.27. The molecule has 0 amide bonds. The molecule has 0 radical (unpaired) electrons. The van der Waals surface area contributed by atoms with E-state index < -0.39 is 6.04 Å². The number of rotatable bonds is 3. The van der Waals surface area contributed by atoms with Gasteiger partial charge in [-0.2, -0.15) is 0 Å². The number of Topliss-reactive ketones (excluding diaryl/α,β-unsaturated/α-hetero) is 1. The predicted molar refractivity (Wildman–Crippen MR) is 70.7 cm³/mol. The lowest BCUT2D eigenvalue weighted by Crippen LogP contribution is -2.26. The van der Waals surface area contributed by atoms with Gasteiger partial charge in [-0.25, -0.2) is 4.98 Å². The second kappa shape index (κ2) is 3.92. The van der Waals surface area contributed by atoms with Crippen LogP contribution in [0.4, 0.5) is 0 Å². The summed E-state index contributed by atoms with van der Waals surface area (Å²) >= 11 is 0. The third-order valence-corrected chi connectivity index (χ3v) is 3.48. The van der Waals surface area contributed by atoms with Crippen LogP contribution in [0.15, 0.2) is 18.2 Å². The number of nitrogens with two attached hydrogens (primary N) is 1. The first-order chi connectivity index (χ1) is 8.58. The van der Waals surface area contributed by atoms with Crippen LogP contribution in [0.3, 0.4) is 0 Å². The normalized spacial score (nSPS) is 17.1. The number of hydrogen-bond acceptors (Lipinski definition) is 3. The number of imidazole rings is 1. The van der Waals surface area contributed by atoms with Gasteiger partial charge in [0.25, 0.3) is 0 Å². The lowest BCUT2D eigenvalue weighted by Gasteiger charge is -2.06. The molecule has 1 unspecified atom stereocenters. The van der Waals surface area contributed by atoms with Crippen LogP contribution < -0.4 is 5.73 Å². The number of aromatic nitrogens is 2. The summed E-state index contributed by atoms with van der Waals surface area (Å²) in [6.07, 6.45) is 2.46. The van der Waals surface area contributed by atoms with Crippen LogP contribution in [0.25, 0.3) is 11.0 Å². The molecule has 1 heterocycles. The Bertz CT molecular complexity index is 623. The molecule has 1 aromatic heterocycles. The molecule has 1 atom stereocenters. The Hall–Kier alpha value is -1.68. The van der Waals surface area contributed by atoms with E-state index in [1.54, 1.807) is 6.92 Å². The fraction of sp³-hybridized carbons (Fsp3) is 0.429. The van der Waals surface area contributed by atoms with Gasteiger partial charge >= 0.3 is 0 Å². The van der Waals surface area contributed by atoms with Gasteiger partial charge in [0, 0.05) is 11.6 Å². The maximum absolute atomic E-state index is 11.9. The Balaban J connectivity index is 2.11. The summed E-state index contributed by atoms with van der Waals surface area (Å²) in [5, 5.41) is 0. The maximum Gasteiger partial charge on any atom is 0.179 e. The molecule has 3 rings (SSSR count). The van der Waals surface area contributed by atoms with E-state index in [0.717, 1.165) is 16.9 Å². The van der Waals surface area contributed by atoms with Crippen LogP contribution in [0.2, 0.25) is 0 Å². The third kappa shape index (κ3) is 1.73. The minimum Gasteiger partial charge on any atom is -0.325 e. The van der Waals surface area contributed by atoms with Gasteiger partial charge < -0.3 is 10.3 Å². The van der Waals surface area contributed by atoms with Crippen LogP contribution in [0.1, 0.15) is 42.0 Å². The van der Waals surface area contributed by atoms with Gasteiger partial charge in [-0.15, -0.1) is 0 Å². The van der Waals surface area contributed by atoms with Gasteiger partial charge in [0.15, 0.2) is 5.78 Å². The zero-order valence-electron chi connectivity index (χ0n) is 10.7. The summed E-state index contributed by atoms with van der Waals surface area (Å²) in [4.78, 5) is 16.4.